The first-order valence-corrected chi connectivity index (χ1v) is 15.9. The smallest absolute Gasteiger partial charge is 0.139 e. The number of hydrogen-bond acceptors (Lipinski definition) is 7. The lowest BCUT2D eigenvalue weighted by molar-refractivity contribution is -0.127. The number of carbonyl (C=O) groups is 1. The molecule has 0 radical (unpaired) electrons. The fraction of sp³-hybridized carbons (Fsp3) is 0.545. The normalized spacial score (nSPS) is 37.4. The van der Waals surface area contributed by atoms with Gasteiger partial charge in [-0.25, -0.2) is 17.6 Å². The molecule has 2 aliphatic carbocycles. The molecule has 2 aromatic rings. The van der Waals surface area contributed by atoms with Crippen LogP contribution in [-0.4, -0.2) is 53.7 Å². The second-order valence-electron chi connectivity index (χ2n) is 13.6. The summed E-state index contributed by atoms with van der Waals surface area (Å²) >= 11 is 0. The van der Waals surface area contributed by atoms with E-state index in [1.54, 1.807) is 0 Å². The third-order valence-electron chi connectivity index (χ3n) is 11.1. The summed E-state index contributed by atoms with van der Waals surface area (Å²) in [7, 11) is 0. The maximum Gasteiger partial charge on any atom is 0.139 e. The van der Waals surface area contributed by atoms with Gasteiger partial charge in [0.25, 0.3) is 0 Å². The number of carbonyl (C=O) groups excluding carboxylic acids is 1. The molecule has 8 rings (SSSR count). The van der Waals surface area contributed by atoms with Gasteiger partial charge >= 0.3 is 0 Å². The molecule has 4 aliphatic heterocycles. The minimum Gasteiger partial charge on any atom is -0.299 e. The van der Waals surface area contributed by atoms with Crippen LogP contribution >= 0.6 is 0 Å². The van der Waals surface area contributed by atoms with Crippen molar-refractivity contribution in [2.45, 2.75) is 62.9 Å². The van der Waals surface area contributed by atoms with Gasteiger partial charge in [0.05, 0.1) is 12.1 Å². The van der Waals surface area contributed by atoms with Crippen molar-refractivity contribution in [1.29, 1.82) is 0 Å². The van der Waals surface area contributed by atoms with Crippen molar-refractivity contribution in [3.63, 3.8) is 0 Å². The number of benzene rings is 2. The fourth-order valence-corrected chi connectivity index (χ4v) is 9.29. The number of hydrazone groups is 2. The van der Waals surface area contributed by atoms with E-state index in [-0.39, 0.29) is 48.1 Å². The van der Waals surface area contributed by atoms with Gasteiger partial charge in [0.1, 0.15) is 41.4 Å². The highest BCUT2D eigenvalue weighted by Gasteiger charge is 2.53. The maximum atomic E-state index is 14.0. The van der Waals surface area contributed by atoms with Crippen LogP contribution in [0.25, 0.3) is 0 Å². The summed E-state index contributed by atoms with van der Waals surface area (Å²) in [6.45, 7) is 1.60. The minimum atomic E-state index is -0.593. The summed E-state index contributed by atoms with van der Waals surface area (Å²) in [6, 6.07) is 6.82. The Balaban J connectivity index is 0.931. The molecule has 2 saturated carbocycles. The van der Waals surface area contributed by atoms with Crippen molar-refractivity contribution in [2.75, 3.05) is 13.1 Å². The zero-order valence-electron chi connectivity index (χ0n) is 24.3. The molecule has 10 unspecified atom stereocenters. The first-order valence-electron chi connectivity index (χ1n) is 15.9. The number of rotatable bonds is 6. The van der Waals surface area contributed by atoms with E-state index in [2.05, 4.69) is 20.8 Å². The summed E-state index contributed by atoms with van der Waals surface area (Å²) in [6.07, 6.45) is 7.88. The predicted octanol–water partition coefficient (Wildman–Crippen LogP) is 5.12. The Morgan fingerprint density at radius 3 is 1.45 bits per heavy atom. The molecule has 232 valence electrons. The van der Waals surface area contributed by atoms with E-state index in [1.165, 1.54) is 24.3 Å². The largest absolute Gasteiger partial charge is 0.299 e. The fourth-order valence-electron chi connectivity index (χ4n) is 9.29. The molecule has 6 aliphatic rings. The van der Waals surface area contributed by atoms with Crippen LogP contribution in [0.2, 0.25) is 0 Å². The number of nitrogens with one attached hydrogen (secondary N) is 2. The molecule has 2 aromatic carbocycles. The van der Waals surface area contributed by atoms with E-state index in [1.807, 2.05) is 22.4 Å². The summed E-state index contributed by atoms with van der Waals surface area (Å²) in [5.74, 6) is -0.837. The quantitative estimate of drug-likeness (QED) is 0.446. The van der Waals surface area contributed by atoms with E-state index < -0.39 is 23.3 Å². The molecular formula is C33H36F4N6O. The van der Waals surface area contributed by atoms with Crippen LogP contribution in [-0.2, 0) is 4.79 Å². The summed E-state index contributed by atoms with van der Waals surface area (Å²) in [5, 5.41) is 20.3. The van der Waals surface area contributed by atoms with E-state index in [0.29, 0.717) is 41.6 Å². The predicted molar refractivity (Wildman–Crippen MR) is 156 cm³/mol. The van der Waals surface area contributed by atoms with Gasteiger partial charge in [0.2, 0.25) is 0 Å². The summed E-state index contributed by atoms with van der Waals surface area (Å²) in [4.78, 5) is 14.0. The molecule has 2 N–H and O–H groups in total. The zero-order chi connectivity index (χ0) is 30.1. The van der Waals surface area contributed by atoms with Gasteiger partial charge in [-0.1, -0.05) is 0 Å². The first kappa shape index (κ1) is 28.2. The van der Waals surface area contributed by atoms with Crippen LogP contribution in [0.4, 0.5) is 17.6 Å². The van der Waals surface area contributed by atoms with Crippen LogP contribution in [0.3, 0.4) is 0 Å². The monoisotopic (exact) mass is 608 g/mol. The molecule has 7 nitrogen and oxygen atoms in total. The number of Topliss-reactive ketones (excluding diaryl/α,β-unsaturated/α-hetero) is 1. The maximum absolute atomic E-state index is 14.0. The lowest BCUT2D eigenvalue weighted by Crippen LogP contribution is -2.43. The second-order valence-corrected chi connectivity index (χ2v) is 13.6. The number of fused-ring (bicyclic) bond motifs is 2. The highest BCUT2D eigenvalue weighted by atomic mass is 19.1. The highest BCUT2D eigenvalue weighted by Crippen LogP contribution is 2.50. The second kappa shape index (κ2) is 10.9. The number of halogens is 4. The topological polar surface area (TPSA) is 72.3 Å². The van der Waals surface area contributed by atoms with Gasteiger partial charge in [-0.3, -0.25) is 25.4 Å². The molecular weight excluding hydrogens is 572 g/mol. The average Bonchev–Trinajstić information content (AvgIpc) is 3.80. The SMILES string of the molecule is O=C(C1CC2CNC(N3N=CCC3c3cc(F)cc(F)c3)C2C1)C1CC2CNC(N3N=CCC3c3cc(F)cc(F)c3)C2C1. The van der Waals surface area contributed by atoms with Crippen molar-refractivity contribution >= 4 is 18.2 Å². The Labute approximate surface area is 253 Å². The minimum absolute atomic E-state index is 0.00527. The van der Waals surface area contributed by atoms with Gasteiger partial charge in [-0.15, -0.1) is 0 Å². The third kappa shape index (κ3) is 4.83. The lowest BCUT2D eigenvalue weighted by Gasteiger charge is -2.34. The first-order chi connectivity index (χ1) is 21.3. The molecule has 4 heterocycles. The average molecular weight is 609 g/mol. The van der Waals surface area contributed by atoms with E-state index >= 15 is 0 Å². The number of hydrogen-bond donors (Lipinski definition) is 2. The highest BCUT2D eigenvalue weighted by molar-refractivity contribution is 5.84. The van der Waals surface area contributed by atoms with E-state index in [9.17, 15) is 22.4 Å². The molecule has 2 saturated heterocycles. The van der Waals surface area contributed by atoms with Crippen LogP contribution in [0.1, 0.15) is 61.7 Å². The van der Waals surface area contributed by atoms with Gasteiger partial charge in [0.15, 0.2) is 0 Å². The van der Waals surface area contributed by atoms with Gasteiger partial charge < -0.3 is 0 Å². The summed E-state index contributed by atoms with van der Waals surface area (Å²) in [5.41, 5.74) is 1.15. The molecule has 10 atom stereocenters. The van der Waals surface area contributed by atoms with Crippen LogP contribution in [0.15, 0.2) is 46.6 Å². The lowest BCUT2D eigenvalue weighted by atomic mass is 9.88. The van der Waals surface area contributed by atoms with Crippen LogP contribution in [0, 0.1) is 58.8 Å². The molecule has 4 fully saturated rings. The van der Waals surface area contributed by atoms with E-state index in [4.69, 9.17) is 0 Å². The van der Waals surface area contributed by atoms with Crippen molar-refractivity contribution in [1.82, 2.24) is 20.7 Å². The van der Waals surface area contributed by atoms with Crippen LogP contribution in [0.5, 0.6) is 0 Å². The van der Waals surface area contributed by atoms with Gasteiger partial charge in [-0.05, 0) is 84.7 Å². The Morgan fingerprint density at radius 2 is 1.05 bits per heavy atom. The number of ketones is 1. The van der Waals surface area contributed by atoms with Crippen molar-refractivity contribution in [3.8, 4) is 0 Å². The standard InChI is InChI=1S/C33H36F4N6O/c34-23-7-17(8-24(35)13-23)29-1-3-40-42(29)32-27-11-19(5-21(27)15-38-32)31(44)20-6-22-16-39-33(28(22)12-20)43-30(2-4-41-43)18-9-25(36)14-26(37)10-18/h3-4,7-10,13-14,19-22,27-30,32-33,38-39H,1-2,5-6,11-12,15-16H2. The van der Waals surface area contributed by atoms with Crippen molar-refractivity contribution in [2.24, 2.45) is 45.7 Å². The number of nitrogens with zero attached hydrogens (tertiary/aromatic N) is 4. The van der Waals surface area contributed by atoms with Gasteiger partial charge in [0, 0.05) is 62.3 Å². The third-order valence-corrected chi connectivity index (χ3v) is 11.1. The Kier molecular flexibility index (Phi) is 7.01. The zero-order valence-corrected chi connectivity index (χ0v) is 24.3. The molecule has 0 bridgehead atoms. The summed E-state index contributed by atoms with van der Waals surface area (Å²) < 4.78 is 56.1. The molecule has 44 heavy (non-hydrogen) atoms. The molecule has 0 spiro atoms. The Hall–Kier alpha value is -3.31. The van der Waals surface area contributed by atoms with Crippen molar-refractivity contribution < 1.29 is 22.4 Å². The molecule has 11 heteroatoms. The van der Waals surface area contributed by atoms with E-state index in [0.717, 1.165) is 50.9 Å². The Bertz CT molecular complexity index is 1370. The molecule has 0 amide bonds. The van der Waals surface area contributed by atoms with Crippen molar-refractivity contribution in [3.05, 3.63) is 70.8 Å². The Morgan fingerprint density at radius 1 is 0.636 bits per heavy atom. The van der Waals surface area contributed by atoms with Gasteiger partial charge in [-0.2, -0.15) is 10.2 Å². The molecule has 0 aromatic heterocycles. The van der Waals surface area contributed by atoms with Crippen LogP contribution < -0.4 is 10.6 Å².